The van der Waals surface area contributed by atoms with E-state index in [4.69, 9.17) is 15.0 Å². The van der Waals surface area contributed by atoms with E-state index in [9.17, 15) is 0 Å². The molecule has 298 valence electrons. The van der Waals surface area contributed by atoms with E-state index in [2.05, 4.69) is 212 Å². The van der Waals surface area contributed by atoms with E-state index < -0.39 is 0 Å². The molecule has 9 aromatic carbocycles. The molecule has 0 aliphatic carbocycles. The summed E-state index contributed by atoms with van der Waals surface area (Å²) in [7, 11) is 0. The molecule has 0 N–H and O–H groups in total. The van der Waals surface area contributed by atoms with Gasteiger partial charge in [-0.25, -0.2) is 0 Å². The van der Waals surface area contributed by atoms with Crippen LogP contribution in [-0.2, 0) is 0 Å². The fraction of sp³-hybridized carbons (Fsp3) is 0. The second-order valence-corrected chi connectivity index (χ2v) is 16.4. The fourth-order valence-electron chi connectivity index (χ4n) is 10.3. The average Bonchev–Trinajstić information content (AvgIpc) is 4.08. The first kappa shape index (κ1) is 34.9. The molecule has 14 rings (SSSR count). The monoisotopic (exact) mass is 817 g/mol. The summed E-state index contributed by atoms with van der Waals surface area (Å²) in [5.41, 5.74) is 11.8. The van der Waals surface area contributed by atoms with Crippen LogP contribution in [0, 0.1) is 0 Å². The van der Waals surface area contributed by atoms with E-state index in [1.165, 1.54) is 10.8 Å². The highest BCUT2D eigenvalue weighted by Crippen LogP contribution is 2.43. The van der Waals surface area contributed by atoms with Crippen molar-refractivity contribution in [2.24, 2.45) is 0 Å². The zero-order chi connectivity index (χ0) is 41.9. The molecule has 5 aromatic heterocycles. The molecule has 0 spiro atoms. The molecule has 7 nitrogen and oxygen atoms in total. The van der Waals surface area contributed by atoms with Crippen molar-refractivity contribution in [3.8, 4) is 34.7 Å². The van der Waals surface area contributed by atoms with Crippen LogP contribution in [0.25, 0.3) is 122 Å². The minimum absolute atomic E-state index is 0.543. The van der Waals surface area contributed by atoms with Gasteiger partial charge in [-0.1, -0.05) is 146 Å². The summed E-state index contributed by atoms with van der Waals surface area (Å²) in [5, 5.41) is 9.24. The standard InChI is InChI=1S/C57H35N7/c1-4-18-36(19-5-1)55-58-56(63-47-29-15-12-26-41(47)45-34-44-40-25-11-14-28-46(40)62(51(44)35-52(45)63)38-22-8-3-9-23-38)60-57(59-55)64-48-30-16-10-24-39(48)42-32-33-50-53(54(42)64)43-27-13-17-31-49(43)61(50)37-20-6-2-7-21-37/h1-35H. The molecule has 0 aliphatic heterocycles. The van der Waals surface area contributed by atoms with E-state index in [0.29, 0.717) is 17.7 Å². The van der Waals surface area contributed by atoms with Crippen molar-refractivity contribution >= 4 is 87.2 Å². The molecule has 0 saturated heterocycles. The number of hydrogen-bond donors (Lipinski definition) is 0. The molecule has 0 unspecified atom stereocenters. The lowest BCUT2D eigenvalue weighted by Crippen LogP contribution is -2.10. The van der Waals surface area contributed by atoms with Crippen molar-refractivity contribution in [2.75, 3.05) is 0 Å². The Morgan fingerprint density at radius 1 is 0.266 bits per heavy atom. The summed E-state index contributed by atoms with van der Waals surface area (Å²) in [4.78, 5) is 16.4. The lowest BCUT2D eigenvalue weighted by atomic mass is 10.1. The van der Waals surface area contributed by atoms with Crippen molar-refractivity contribution in [1.82, 2.24) is 33.2 Å². The maximum Gasteiger partial charge on any atom is 0.240 e. The van der Waals surface area contributed by atoms with Gasteiger partial charge in [0.25, 0.3) is 0 Å². The van der Waals surface area contributed by atoms with Crippen molar-refractivity contribution < 1.29 is 0 Å². The predicted molar refractivity (Wildman–Crippen MR) is 263 cm³/mol. The number of benzene rings is 9. The quantitative estimate of drug-likeness (QED) is 0.174. The van der Waals surface area contributed by atoms with Crippen LogP contribution in [0.15, 0.2) is 212 Å². The van der Waals surface area contributed by atoms with Crippen molar-refractivity contribution in [3.05, 3.63) is 212 Å². The van der Waals surface area contributed by atoms with Gasteiger partial charge in [0.1, 0.15) is 0 Å². The minimum Gasteiger partial charge on any atom is -0.309 e. The number of hydrogen-bond acceptors (Lipinski definition) is 3. The van der Waals surface area contributed by atoms with Gasteiger partial charge < -0.3 is 9.13 Å². The summed E-state index contributed by atoms with van der Waals surface area (Å²) in [6, 6.07) is 75.3. The van der Waals surface area contributed by atoms with Crippen molar-refractivity contribution in [2.45, 2.75) is 0 Å². The third-order valence-electron chi connectivity index (χ3n) is 13.0. The molecule has 5 heterocycles. The molecule has 14 aromatic rings. The molecule has 64 heavy (non-hydrogen) atoms. The summed E-state index contributed by atoms with van der Waals surface area (Å²) < 4.78 is 9.24. The van der Waals surface area contributed by atoms with Crippen LogP contribution in [0.5, 0.6) is 0 Å². The van der Waals surface area contributed by atoms with Crippen LogP contribution >= 0.6 is 0 Å². The normalized spacial score (nSPS) is 12.1. The van der Waals surface area contributed by atoms with Gasteiger partial charge in [0, 0.05) is 60.0 Å². The fourth-order valence-corrected chi connectivity index (χ4v) is 10.3. The second-order valence-electron chi connectivity index (χ2n) is 16.4. The Bertz CT molecular complexity index is 4180. The van der Waals surface area contributed by atoms with Gasteiger partial charge in [-0.2, -0.15) is 15.0 Å². The van der Waals surface area contributed by atoms with Gasteiger partial charge >= 0.3 is 0 Å². The third kappa shape index (κ3) is 4.89. The lowest BCUT2D eigenvalue weighted by molar-refractivity contribution is 0.894. The Hall–Kier alpha value is -8.81. The Morgan fingerprint density at radius 2 is 0.703 bits per heavy atom. The number of para-hydroxylation sites is 6. The molecule has 0 radical (unpaired) electrons. The number of rotatable bonds is 5. The molecule has 0 saturated carbocycles. The van der Waals surface area contributed by atoms with Crippen LogP contribution in [0.4, 0.5) is 0 Å². The SMILES string of the molecule is c1ccc(-c2nc(-n3c4ccccc4c4cc5c6ccccc6n(-c6ccccc6)c5cc43)nc(-n3c4ccccc4c4ccc5c(c6ccccc6n5-c5ccccc5)c43)n2)cc1. The van der Waals surface area contributed by atoms with Crippen molar-refractivity contribution in [1.29, 1.82) is 0 Å². The van der Waals surface area contributed by atoms with Crippen LogP contribution in [0.2, 0.25) is 0 Å². The smallest absolute Gasteiger partial charge is 0.240 e. The maximum absolute atomic E-state index is 5.59. The van der Waals surface area contributed by atoms with Gasteiger partial charge in [0.15, 0.2) is 5.82 Å². The zero-order valence-corrected chi connectivity index (χ0v) is 34.3. The van der Waals surface area contributed by atoms with E-state index in [0.717, 1.165) is 93.4 Å². The summed E-state index contributed by atoms with van der Waals surface area (Å²) in [6.45, 7) is 0. The summed E-state index contributed by atoms with van der Waals surface area (Å²) >= 11 is 0. The van der Waals surface area contributed by atoms with E-state index in [1.807, 2.05) is 18.2 Å². The van der Waals surface area contributed by atoms with E-state index in [1.54, 1.807) is 0 Å². The zero-order valence-electron chi connectivity index (χ0n) is 34.3. The Labute approximate surface area is 366 Å². The highest BCUT2D eigenvalue weighted by Gasteiger charge is 2.25. The van der Waals surface area contributed by atoms with Crippen LogP contribution in [-0.4, -0.2) is 33.2 Å². The molecular weight excluding hydrogens is 783 g/mol. The number of aromatic nitrogens is 7. The van der Waals surface area contributed by atoms with Crippen LogP contribution in [0.3, 0.4) is 0 Å². The maximum atomic E-state index is 5.59. The van der Waals surface area contributed by atoms with E-state index >= 15 is 0 Å². The first-order valence-electron chi connectivity index (χ1n) is 21.6. The van der Waals surface area contributed by atoms with Gasteiger partial charge in [-0.15, -0.1) is 0 Å². The summed E-state index contributed by atoms with van der Waals surface area (Å²) in [6.07, 6.45) is 0. The van der Waals surface area contributed by atoms with Gasteiger partial charge in [-0.05, 0) is 66.7 Å². The highest BCUT2D eigenvalue weighted by molar-refractivity contribution is 6.26. The van der Waals surface area contributed by atoms with Crippen molar-refractivity contribution in [3.63, 3.8) is 0 Å². The molecule has 0 fully saturated rings. The Balaban J connectivity index is 1.13. The summed E-state index contributed by atoms with van der Waals surface area (Å²) in [5.74, 6) is 1.68. The molecule has 0 aliphatic rings. The topological polar surface area (TPSA) is 58.4 Å². The number of fused-ring (bicyclic) bond motifs is 13. The molecule has 0 atom stereocenters. The van der Waals surface area contributed by atoms with Gasteiger partial charge in [-0.3, -0.25) is 9.13 Å². The molecule has 7 heteroatoms. The largest absolute Gasteiger partial charge is 0.309 e. The van der Waals surface area contributed by atoms with Gasteiger partial charge in [0.05, 0.1) is 44.1 Å². The third-order valence-corrected chi connectivity index (χ3v) is 13.0. The Morgan fingerprint density at radius 3 is 1.31 bits per heavy atom. The Kier molecular flexibility index (Phi) is 7.27. The first-order valence-corrected chi connectivity index (χ1v) is 21.6. The van der Waals surface area contributed by atoms with Crippen LogP contribution < -0.4 is 0 Å². The van der Waals surface area contributed by atoms with Gasteiger partial charge in [0.2, 0.25) is 11.9 Å². The van der Waals surface area contributed by atoms with E-state index in [-0.39, 0.29) is 0 Å². The highest BCUT2D eigenvalue weighted by atomic mass is 15.3. The predicted octanol–water partition coefficient (Wildman–Crippen LogP) is 13.9. The lowest BCUT2D eigenvalue weighted by Gasteiger charge is -2.13. The minimum atomic E-state index is 0.543. The van der Waals surface area contributed by atoms with Crippen LogP contribution in [0.1, 0.15) is 0 Å². The molecule has 0 bridgehead atoms. The first-order chi connectivity index (χ1) is 31.8. The second kappa shape index (κ2) is 13.3. The number of nitrogens with zero attached hydrogens (tertiary/aromatic N) is 7. The molecular formula is C57H35N7. The molecule has 0 amide bonds. The average molecular weight is 818 g/mol.